The van der Waals surface area contributed by atoms with Crippen LogP contribution in [0.25, 0.3) is 0 Å². The van der Waals surface area contributed by atoms with Gasteiger partial charge in [0.15, 0.2) is 4.71 Å². The van der Waals surface area contributed by atoms with E-state index in [0.717, 1.165) is 9.79 Å². The Bertz CT molecular complexity index is 483. The predicted octanol–water partition coefficient (Wildman–Crippen LogP) is 4.19. The minimum atomic E-state index is -0.202. The first-order valence-electron chi connectivity index (χ1n) is 5.39. The molecule has 0 aliphatic carbocycles. The summed E-state index contributed by atoms with van der Waals surface area (Å²) >= 11 is 3.08. The molecule has 0 amide bonds. The third kappa shape index (κ3) is 4.08. The van der Waals surface area contributed by atoms with Crippen LogP contribution in [0.2, 0.25) is 0 Å². The summed E-state index contributed by atoms with van der Waals surface area (Å²) in [5.74, 6) is 0. The number of thioether (sulfide) groups is 2. The third-order valence-corrected chi connectivity index (χ3v) is 4.40. The van der Waals surface area contributed by atoms with Gasteiger partial charge in [0.25, 0.3) is 0 Å². The number of nitrogens with zero attached hydrogens (tertiary/aromatic N) is 1. The first-order valence-corrected chi connectivity index (χ1v) is 7.15. The summed E-state index contributed by atoms with van der Waals surface area (Å²) in [4.78, 5) is 16.5. The molecular weight excluding hydrogens is 262 g/mol. The first kappa shape index (κ1) is 13.0. The highest BCUT2D eigenvalue weighted by molar-refractivity contribution is 8.17. The first-order chi connectivity index (χ1) is 8.88. The van der Waals surface area contributed by atoms with Crippen LogP contribution in [0, 0.1) is 0 Å². The van der Waals surface area contributed by atoms with Gasteiger partial charge in [-0.3, -0.25) is 0 Å². The molecule has 2 aromatic rings. The Labute approximate surface area is 115 Å². The number of carbonyl (C=O) groups excluding carboxylic acids is 1. The second kappa shape index (κ2) is 7.07. The van der Waals surface area contributed by atoms with Crippen molar-refractivity contribution in [2.45, 2.75) is 14.5 Å². The van der Waals surface area contributed by atoms with Crippen molar-refractivity contribution in [3.63, 3.8) is 0 Å². The minimum Gasteiger partial charge on any atom is -0.211 e. The van der Waals surface area contributed by atoms with Crippen LogP contribution >= 0.6 is 23.5 Å². The average molecular weight is 273 g/mol. The van der Waals surface area contributed by atoms with E-state index in [1.807, 2.05) is 60.7 Å². The van der Waals surface area contributed by atoms with Gasteiger partial charge in [0.2, 0.25) is 6.08 Å². The van der Waals surface area contributed by atoms with Crippen LogP contribution in [-0.4, -0.2) is 10.8 Å². The molecule has 0 saturated carbocycles. The van der Waals surface area contributed by atoms with Crippen LogP contribution in [0.3, 0.4) is 0 Å². The van der Waals surface area contributed by atoms with Crippen molar-refractivity contribution < 1.29 is 4.79 Å². The Morgan fingerprint density at radius 3 is 1.67 bits per heavy atom. The van der Waals surface area contributed by atoms with Gasteiger partial charge in [-0.2, -0.15) is 4.99 Å². The molecule has 0 N–H and O–H groups in total. The molecule has 0 radical (unpaired) electrons. The molecule has 0 saturated heterocycles. The Hall–Kier alpha value is -1.48. The van der Waals surface area contributed by atoms with Crippen LogP contribution < -0.4 is 0 Å². The van der Waals surface area contributed by atoms with Crippen molar-refractivity contribution in [1.82, 2.24) is 0 Å². The van der Waals surface area contributed by atoms with E-state index >= 15 is 0 Å². The number of benzene rings is 2. The highest BCUT2D eigenvalue weighted by Crippen LogP contribution is 2.35. The Morgan fingerprint density at radius 1 is 0.833 bits per heavy atom. The lowest BCUT2D eigenvalue weighted by Gasteiger charge is -2.09. The molecule has 18 heavy (non-hydrogen) atoms. The molecular formula is C14H11NOS2. The van der Waals surface area contributed by atoms with Crippen LogP contribution in [-0.2, 0) is 4.79 Å². The molecule has 2 aromatic carbocycles. The van der Waals surface area contributed by atoms with E-state index < -0.39 is 0 Å². The topological polar surface area (TPSA) is 29.4 Å². The van der Waals surface area contributed by atoms with E-state index in [2.05, 4.69) is 4.99 Å². The fourth-order valence-electron chi connectivity index (χ4n) is 1.35. The number of hydrogen-bond donors (Lipinski definition) is 0. The second-order valence-corrected chi connectivity index (χ2v) is 5.99. The summed E-state index contributed by atoms with van der Waals surface area (Å²) in [7, 11) is 0. The van der Waals surface area contributed by atoms with Crippen molar-refractivity contribution >= 4 is 29.6 Å². The van der Waals surface area contributed by atoms with Gasteiger partial charge in [-0.05, 0) is 24.3 Å². The van der Waals surface area contributed by atoms with Gasteiger partial charge in [-0.1, -0.05) is 59.9 Å². The van der Waals surface area contributed by atoms with Gasteiger partial charge in [0.05, 0.1) is 0 Å². The van der Waals surface area contributed by atoms with E-state index in [4.69, 9.17) is 0 Å². The Balaban J connectivity index is 2.07. The highest BCUT2D eigenvalue weighted by Gasteiger charge is 2.10. The quantitative estimate of drug-likeness (QED) is 0.354. The molecule has 0 spiro atoms. The lowest BCUT2D eigenvalue weighted by Crippen LogP contribution is -1.91. The fraction of sp³-hybridized carbons (Fsp3) is 0.0714. The lowest BCUT2D eigenvalue weighted by atomic mass is 10.4. The molecule has 2 nitrogen and oxygen atoms in total. The van der Waals surface area contributed by atoms with Crippen LogP contribution in [0.15, 0.2) is 75.4 Å². The van der Waals surface area contributed by atoms with Crippen molar-refractivity contribution in [1.29, 1.82) is 0 Å². The Morgan fingerprint density at radius 2 is 1.28 bits per heavy atom. The molecule has 0 atom stereocenters. The summed E-state index contributed by atoms with van der Waals surface area (Å²) in [6.07, 6.45) is 1.64. The Kier molecular flexibility index (Phi) is 5.09. The fourth-order valence-corrected chi connectivity index (χ4v) is 3.50. The van der Waals surface area contributed by atoms with Crippen LogP contribution in [0.5, 0.6) is 0 Å². The SMILES string of the molecule is O=C=NC(Sc1ccccc1)Sc1ccccc1. The van der Waals surface area contributed by atoms with E-state index in [9.17, 15) is 4.79 Å². The lowest BCUT2D eigenvalue weighted by molar-refractivity contribution is 0.564. The molecule has 0 bridgehead atoms. The van der Waals surface area contributed by atoms with Crippen molar-refractivity contribution in [3.8, 4) is 0 Å². The zero-order valence-corrected chi connectivity index (χ0v) is 11.2. The molecule has 4 heteroatoms. The van der Waals surface area contributed by atoms with Gasteiger partial charge in [0.1, 0.15) is 0 Å². The minimum absolute atomic E-state index is 0.202. The molecule has 0 aliphatic heterocycles. The maximum Gasteiger partial charge on any atom is 0.237 e. The normalized spacial score (nSPS) is 10.1. The number of hydrogen-bond acceptors (Lipinski definition) is 4. The van der Waals surface area contributed by atoms with E-state index in [1.165, 1.54) is 0 Å². The molecule has 0 aromatic heterocycles. The summed E-state index contributed by atoms with van der Waals surface area (Å²) in [5.41, 5.74) is 0. The largest absolute Gasteiger partial charge is 0.237 e. The molecule has 0 heterocycles. The molecule has 0 fully saturated rings. The molecule has 2 rings (SSSR count). The maximum atomic E-state index is 10.5. The zero-order chi connectivity index (χ0) is 12.6. The third-order valence-electron chi connectivity index (χ3n) is 2.12. The van der Waals surface area contributed by atoms with Gasteiger partial charge >= 0.3 is 0 Å². The molecule has 0 aliphatic rings. The highest BCUT2D eigenvalue weighted by atomic mass is 32.2. The number of isocyanates is 1. The monoisotopic (exact) mass is 273 g/mol. The predicted molar refractivity (Wildman–Crippen MR) is 76.5 cm³/mol. The molecule has 0 unspecified atom stereocenters. The van der Waals surface area contributed by atoms with Gasteiger partial charge in [-0.15, -0.1) is 0 Å². The number of aliphatic imine (C=N–C) groups is 1. The summed E-state index contributed by atoms with van der Waals surface area (Å²) in [5, 5.41) is 0. The zero-order valence-electron chi connectivity index (χ0n) is 9.52. The second-order valence-electron chi connectivity index (χ2n) is 3.39. The van der Waals surface area contributed by atoms with Crippen molar-refractivity contribution in [2.24, 2.45) is 4.99 Å². The molecule has 90 valence electrons. The van der Waals surface area contributed by atoms with Crippen molar-refractivity contribution in [3.05, 3.63) is 60.7 Å². The summed E-state index contributed by atoms with van der Waals surface area (Å²) in [6.45, 7) is 0. The van der Waals surface area contributed by atoms with E-state index in [1.54, 1.807) is 29.6 Å². The maximum absolute atomic E-state index is 10.5. The summed E-state index contributed by atoms with van der Waals surface area (Å²) < 4.78 is -0.202. The van der Waals surface area contributed by atoms with Gasteiger partial charge in [-0.25, -0.2) is 4.79 Å². The number of rotatable bonds is 5. The van der Waals surface area contributed by atoms with Gasteiger partial charge < -0.3 is 0 Å². The standard InChI is InChI=1S/C14H11NOS2/c16-11-15-14(17-12-7-3-1-4-8-12)18-13-9-5-2-6-10-13/h1-10,14H. The summed E-state index contributed by atoms with van der Waals surface area (Å²) in [6, 6.07) is 19.8. The smallest absolute Gasteiger partial charge is 0.211 e. The van der Waals surface area contributed by atoms with E-state index in [-0.39, 0.29) is 4.71 Å². The average Bonchev–Trinajstić information content (AvgIpc) is 2.41. The van der Waals surface area contributed by atoms with Crippen molar-refractivity contribution in [2.75, 3.05) is 0 Å². The van der Waals surface area contributed by atoms with E-state index in [0.29, 0.717) is 0 Å². The van der Waals surface area contributed by atoms with Gasteiger partial charge in [0, 0.05) is 9.79 Å². The van der Waals surface area contributed by atoms with Crippen LogP contribution in [0.1, 0.15) is 0 Å². The van der Waals surface area contributed by atoms with Crippen LogP contribution in [0.4, 0.5) is 0 Å².